The van der Waals surface area contributed by atoms with E-state index in [0.29, 0.717) is 25.0 Å². The van der Waals surface area contributed by atoms with E-state index >= 15 is 0 Å². The van der Waals surface area contributed by atoms with Gasteiger partial charge in [-0.2, -0.15) is 0 Å². The first-order valence-corrected chi connectivity index (χ1v) is 5.80. The number of hydrogen-bond acceptors (Lipinski definition) is 3. The summed E-state index contributed by atoms with van der Waals surface area (Å²) in [5, 5.41) is 14.0. The standard InChI is InChI=1S/C11H20N2O4/c1-7-5-8(7)6-12-11(16)13-9(10(14)15)3-4-17-2/h7-9H,3-6H2,1-2H3,(H,14,15)(H2,12,13,16). The summed E-state index contributed by atoms with van der Waals surface area (Å²) in [5.74, 6) is 0.166. The minimum absolute atomic E-state index is 0.263. The zero-order chi connectivity index (χ0) is 12.8. The van der Waals surface area contributed by atoms with Crippen molar-refractivity contribution in [3.63, 3.8) is 0 Å². The van der Waals surface area contributed by atoms with Gasteiger partial charge in [-0.1, -0.05) is 6.92 Å². The second-order valence-corrected chi connectivity index (χ2v) is 4.50. The van der Waals surface area contributed by atoms with Crippen LogP contribution in [0.1, 0.15) is 19.8 Å². The summed E-state index contributed by atoms with van der Waals surface area (Å²) in [5.41, 5.74) is 0. The summed E-state index contributed by atoms with van der Waals surface area (Å²) in [6.07, 6.45) is 1.39. The first kappa shape index (κ1) is 13.8. The Morgan fingerprint density at radius 3 is 2.65 bits per heavy atom. The van der Waals surface area contributed by atoms with Gasteiger partial charge in [0, 0.05) is 26.7 Å². The molecule has 1 aliphatic carbocycles. The van der Waals surface area contributed by atoms with Gasteiger partial charge in [-0.15, -0.1) is 0 Å². The van der Waals surface area contributed by atoms with E-state index in [0.717, 1.165) is 6.42 Å². The maximum Gasteiger partial charge on any atom is 0.326 e. The molecule has 1 saturated carbocycles. The van der Waals surface area contributed by atoms with Gasteiger partial charge in [0.05, 0.1) is 0 Å². The molecule has 0 aromatic heterocycles. The summed E-state index contributed by atoms with van der Waals surface area (Å²) < 4.78 is 4.79. The highest BCUT2D eigenvalue weighted by Gasteiger charge is 2.32. The molecule has 0 aromatic rings. The van der Waals surface area contributed by atoms with Crippen molar-refractivity contribution in [3.05, 3.63) is 0 Å². The van der Waals surface area contributed by atoms with Crippen LogP contribution in [0, 0.1) is 11.8 Å². The lowest BCUT2D eigenvalue weighted by Crippen LogP contribution is -2.47. The fourth-order valence-electron chi connectivity index (χ4n) is 1.61. The normalized spacial score (nSPS) is 23.9. The van der Waals surface area contributed by atoms with Gasteiger partial charge in [0.1, 0.15) is 6.04 Å². The molecule has 0 saturated heterocycles. The fraction of sp³-hybridized carbons (Fsp3) is 0.818. The molecule has 0 bridgehead atoms. The van der Waals surface area contributed by atoms with Gasteiger partial charge in [-0.05, 0) is 18.3 Å². The van der Waals surface area contributed by atoms with Gasteiger partial charge < -0.3 is 20.5 Å². The maximum absolute atomic E-state index is 11.4. The number of nitrogens with one attached hydrogen (secondary N) is 2. The van der Waals surface area contributed by atoms with Crippen LogP contribution in [0.25, 0.3) is 0 Å². The molecule has 1 rings (SSSR count). The van der Waals surface area contributed by atoms with Crippen molar-refractivity contribution < 1.29 is 19.4 Å². The smallest absolute Gasteiger partial charge is 0.326 e. The predicted molar refractivity (Wildman–Crippen MR) is 61.7 cm³/mol. The molecule has 1 aliphatic rings. The summed E-state index contributed by atoms with van der Waals surface area (Å²) in [6, 6.07) is -1.32. The van der Waals surface area contributed by atoms with Gasteiger partial charge in [0.25, 0.3) is 0 Å². The lowest BCUT2D eigenvalue weighted by Gasteiger charge is -2.14. The number of carbonyl (C=O) groups is 2. The second kappa shape index (κ2) is 6.44. The SMILES string of the molecule is COCCC(NC(=O)NCC1CC1C)C(=O)O. The van der Waals surface area contributed by atoms with E-state index in [-0.39, 0.29) is 6.42 Å². The molecule has 3 unspecified atom stereocenters. The molecule has 0 heterocycles. The van der Waals surface area contributed by atoms with Crippen molar-refractivity contribution in [2.45, 2.75) is 25.8 Å². The Bertz CT molecular complexity index is 283. The minimum Gasteiger partial charge on any atom is -0.480 e. The third-order valence-corrected chi connectivity index (χ3v) is 3.02. The average molecular weight is 244 g/mol. The van der Waals surface area contributed by atoms with Crippen LogP contribution in [0.15, 0.2) is 0 Å². The topological polar surface area (TPSA) is 87.7 Å². The third kappa shape index (κ3) is 5.04. The number of carboxylic acid groups (broad SMARTS) is 1. The Kier molecular flexibility index (Phi) is 5.21. The third-order valence-electron chi connectivity index (χ3n) is 3.02. The van der Waals surface area contributed by atoms with Crippen LogP contribution in [-0.2, 0) is 9.53 Å². The van der Waals surface area contributed by atoms with Crippen LogP contribution < -0.4 is 10.6 Å². The fourth-order valence-corrected chi connectivity index (χ4v) is 1.61. The van der Waals surface area contributed by atoms with Gasteiger partial charge in [0.2, 0.25) is 0 Å². The molecule has 2 amide bonds. The first-order valence-electron chi connectivity index (χ1n) is 5.80. The quantitative estimate of drug-likeness (QED) is 0.606. The summed E-state index contributed by atoms with van der Waals surface area (Å²) in [4.78, 5) is 22.3. The molecule has 3 N–H and O–H groups in total. The number of carbonyl (C=O) groups excluding carboxylic acids is 1. The number of urea groups is 1. The van der Waals surface area contributed by atoms with Crippen molar-refractivity contribution >= 4 is 12.0 Å². The largest absolute Gasteiger partial charge is 0.480 e. The van der Waals surface area contributed by atoms with E-state index in [9.17, 15) is 9.59 Å². The van der Waals surface area contributed by atoms with E-state index < -0.39 is 18.0 Å². The first-order chi connectivity index (χ1) is 8.04. The molecular weight excluding hydrogens is 224 g/mol. The summed E-state index contributed by atoms with van der Waals surface area (Å²) in [6.45, 7) is 3.05. The molecule has 3 atom stereocenters. The zero-order valence-electron chi connectivity index (χ0n) is 10.2. The molecule has 0 aliphatic heterocycles. The summed E-state index contributed by atoms with van der Waals surface area (Å²) in [7, 11) is 1.49. The van der Waals surface area contributed by atoms with E-state index in [1.54, 1.807) is 0 Å². The average Bonchev–Trinajstić information content (AvgIpc) is 2.97. The van der Waals surface area contributed by atoms with Gasteiger partial charge >= 0.3 is 12.0 Å². The second-order valence-electron chi connectivity index (χ2n) is 4.50. The zero-order valence-corrected chi connectivity index (χ0v) is 10.2. The lowest BCUT2D eigenvalue weighted by molar-refractivity contribution is -0.139. The highest BCUT2D eigenvalue weighted by atomic mass is 16.5. The Hall–Kier alpha value is -1.30. The number of rotatable bonds is 7. The minimum atomic E-state index is -1.04. The Morgan fingerprint density at radius 1 is 1.53 bits per heavy atom. The maximum atomic E-state index is 11.4. The number of methoxy groups -OCH3 is 1. The van der Waals surface area contributed by atoms with Crippen LogP contribution >= 0.6 is 0 Å². The van der Waals surface area contributed by atoms with Crippen LogP contribution in [0.2, 0.25) is 0 Å². The highest BCUT2D eigenvalue weighted by Crippen LogP contribution is 2.36. The van der Waals surface area contributed by atoms with E-state index in [1.807, 2.05) is 0 Å². The molecule has 6 nitrogen and oxygen atoms in total. The Labute approximate surface area is 101 Å². The number of aliphatic carboxylic acids is 1. The van der Waals surface area contributed by atoms with Crippen molar-refractivity contribution in [3.8, 4) is 0 Å². The number of carboxylic acids is 1. The molecule has 0 spiro atoms. The number of hydrogen-bond donors (Lipinski definition) is 3. The van der Waals surface area contributed by atoms with E-state index in [2.05, 4.69) is 17.6 Å². The Morgan fingerprint density at radius 2 is 2.18 bits per heavy atom. The highest BCUT2D eigenvalue weighted by molar-refractivity contribution is 5.82. The van der Waals surface area contributed by atoms with Crippen LogP contribution in [0.3, 0.4) is 0 Å². The van der Waals surface area contributed by atoms with Gasteiger partial charge in [-0.3, -0.25) is 0 Å². The van der Waals surface area contributed by atoms with Crippen molar-refractivity contribution in [1.82, 2.24) is 10.6 Å². The van der Waals surface area contributed by atoms with E-state index in [4.69, 9.17) is 9.84 Å². The molecule has 6 heteroatoms. The van der Waals surface area contributed by atoms with Crippen molar-refractivity contribution in [1.29, 1.82) is 0 Å². The molecule has 17 heavy (non-hydrogen) atoms. The molecule has 98 valence electrons. The molecule has 0 aromatic carbocycles. The van der Waals surface area contributed by atoms with Crippen molar-refractivity contribution in [2.75, 3.05) is 20.3 Å². The van der Waals surface area contributed by atoms with Crippen LogP contribution in [0.5, 0.6) is 0 Å². The van der Waals surface area contributed by atoms with Crippen LogP contribution in [0.4, 0.5) is 4.79 Å². The molecule has 0 radical (unpaired) electrons. The molecule has 1 fully saturated rings. The van der Waals surface area contributed by atoms with Gasteiger partial charge in [0.15, 0.2) is 0 Å². The predicted octanol–water partition coefficient (Wildman–Crippen LogP) is 0.431. The monoisotopic (exact) mass is 244 g/mol. The van der Waals surface area contributed by atoms with Crippen molar-refractivity contribution in [2.24, 2.45) is 11.8 Å². The Balaban J connectivity index is 2.22. The number of amides is 2. The lowest BCUT2D eigenvalue weighted by atomic mass is 10.2. The summed E-state index contributed by atoms with van der Waals surface area (Å²) >= 11 is 0. The van der Waals surface area contributed by atoms with Gasteiger partial charge in [-0.25, -0.2) is 9.59 Å². The number of ether oxygens (including phenoxy) is 1. The van der Waals surface area contributed by atoms with Crippen LogP contribution in [-0.4, -0.2) is 43.4 Å². The molecular formula is C11H20N2O4. The van der Waals surface area contributed by atoms with E-state index in [1.165, 1.54) is 7.11 Å².